The van der Waals surface area contributed by atoms with Crippen LogP contribution in [0, 0.1) is 6.92 Å². The summed E-state index contributed by atoms with van der Waals surface area (Å²) in [5.74, 6) is 1.05. The molecular weight excluding hydrogens is 262 g/mol. The van der Waals surface area contributed by atoms with Gasteiger partial charge in [-0.1, -0.05) is 0 Å². The lowest BCUT2D eigenvalue weighted by Crippen LogP contribution is -2.34. The quantitative estimate of drug-likeness (QED) is 0.914. The van der Waals surface area contributed by atoms with Crippen molar-refractivity contribution < 1.29 is 0 Å². The van der Waals surface area contributed by atoms with Crippen LogP contribution in [0.3, 0.4) is 0 Å². The van der Waals surface area contributed by atoms with Gasteiger partial charge in [0.1, 0.15) is 5.82 Å². The Morgan fingerprint density at radius 1 is 1.37 bits per heavy atom. The molecule has 0 aliphatic heterocycles. The maximum absolute atomic E-state index is 4.36. The molecule has 1 N–H and O–H groups in total. The molecule has 0 aliphatic rings. The van der Waals surface area contributed by atoms with Crippen LogP contribution in [0.2, 0.25) is 0 Å². The lowest BCUT2D eigenvalue weighted by Gasteiger charge is -2.21. The first-order valence-electron chi connectivity index (χ1n) is 6.28. The molecule has 0 aromatic carbocycles. The third-order valence-corrected chi connectivity index (χ3v) is 3.37. The van der Waals surface area contributed by atoms with Crippen LogP contribution in [0.4, 0.5) is 0 Å². The summed E-state index contributed by atoms with van der Waals surface area (Å²) in [4.78, 5) is 4.30. The molecule has 0 amide bonds. The van der Waals surface area contributed by atoms with E-state index in [9.17, 15) is 0 Å². The highest BCUT2D eigenvalue weighted by molar-refractivity contribution is 5.85. The molecule has 19 heavy (non-hydrogen) atoms. The number of aromatic nitrogens is 4. The molecule has 0 saturated carbocycles. The Kier molecular flexibility index (Phi) is 5.57. The third-order valence-electron chi connectivity index (χ3n) is 3.37. The summed E-state index contributed by atoms with van der Waals surface area (Å²) >= 11 is 0. The Labute approximate surface area is 120 Å². The van der Waals surface area contributed by atoms with E-state index in [1.807, 2.05) is 34.9 Å². The Balaban J connectivity index is 0.00000180. The van der Waals surface area contributed by atoms with Crippen molar-refractivity contribution in [1.29, 1.82) is 0 Å². The maximum atomic E-state index is 4.36. The highest BCUT2D eigenvalue weighted by Gasteiger charge is 2.14. The van der Waals surface area contributed by atoms with Gasteiger partial charge >= 0.3 is 0 Å². The van der Waals surface area contributed by atoms with Gasteiger partial charge in [0.05, 0.1) is 18.8 Å². The third kappa shape index (κ3) is 3.81. The predicted octanol–water partition coefficient (Wildman–Crippen LogP) is 2.09. The van der Waals surface area contributed by atoms with Crippen molar-refractivity contribution in [2.75, 3.05) is 0 Å². The predicted molar refractivity (Wildman–Crippen MR) is 78.4 cm³/mol. The Morgan fingerprint density at radius 3 is 2.63 bits per heavy atom. The van der Waals surface area contributed by atoms with E-state index in [2.05, 4.69) is 42.4 Å². The van der Waals surface area contributed by atoms with E-state index < -0.39 is 0 Å². The molecule has 0 fully saturated rings. The number of rotatable bonds is 5. The summed E-state index contributed by atoms with van der Waals surface area (Å²) in [6.45, 7) is 7.17. The van der Waals surface area contributed by atoms with Crippen LogP contribution in [-0.4, -0.2) is 25.4 Å². The smallest absolute Gasteiger partial charge is 0.122 e. The topological polar surface area (TPSA) is 47.7 Å². The average molecular weight is 284 g/mol. The van der Waals surface area contributed by atoms with E-state index in [-0.39, 0.29) is 12.4 Å². The molecular formula is C13H22ClN5. The van der Waals surface area contributed by atoms with Gasteiger partial charge in [0.25, 0.3) is 0 Å². The summed E-state index contributed by atoms with van der Waals surface area (Å²) < 4.78 is 4.04. The highest BCUT2D eigenvalue weighted by Crippen LogP contribution is 2.11. The van der Waals surface area contributed by atoms with Crippen LogP contribution < -0.4 is 5.32 Å². The zero-order valence-corrected chi connectivity index (χ0v) is 12.7. The van der Waals surface area contributed by atoms with Gasteiger partial charge in [-0.05, 0) is 26.3 Å². The van der Waals surface area contributed by atoms with Gasteiger partial charge in [-0.15, -0.1) is 12.4 Å². The van der Waals surface area contributed by atoms with Crippen LogP contribution in [0.5, 0.6) is 0 Å². The molecule has 0 bridgehead atoms. The van der Waals surface area contributed by atoms with E-state index in [0.29, 0.717) is 12.1 Å². The molecule has 0 saturated heterocycles. The van der Waals surface area contributed by atoms with Crippen LogP contribution in [0.15, 0.2) is 24.8 Å². The van der Waals surface area contributed by atoms with Gasteiger partial charge in [-0.2, -0.15) is 5.10 Å². The molecule has 0 aliphatic carbocycles. The zero-order chi connectivity index (χ0) is 13.1. The number of nitrogens with one attached hydrogen (secondary N) is 1. The minimum absolute atomic E-state index is 0. The van der Waals surface area contributed by atoms with E-state index in [0.717, 1.165) is 12.4 Å². The molecule has 2 heterocycles. The summed E-state index contributed by atoms with van der Waals surface area (Å²) in [5, 5.41) is 7.84. The summed E-state index contributed by atoms with van der Waals surface area (Å²) in [5.41, 5.74) is 1.19. The molecule has 2 aromatic rings. The number of halogens is 1. The minimum Gasteiger partial charge on any atom is -0.337 e. The average Bonchev–Trinajstić information content (AvgIpc) is 2.94. The van der Waals surface area contributed by atoms with Crippen LogP contribution in [-0.2, 0) is 13.6 Å². The lowest BCUT2D eigenvalue weighted by atomic mass is 10.2. The van der Waals surface area contributed by atoms with Gasteiger partial charge < -0.3 is 9.88 Å². The second-order valence-corrected chi connectivity index (χ2v) is 4.86. The fourth-order valence-corrected chi connectivity index (χ4v) is 1.87. The van der Waals surface area contributed by atoms with Crippen molar-refractivity contribution in [3.05, 3.63) is 36.2 Å². The largest absolute Gasteiger partial charge is 0.337 e. The minimum atomic E-state index is 0. The van der Waals surface area contributed by atoms with Crippen molar-refractivity contribution in [2.45, 2.75) is 39.4 Å². The molecule has 2 unspecified atom stereocenters. The van der Waals surface area contributed by atoms with Gasteiger partial charge in [-0.3, -0.25) is 4.68 Å². The molecule has 2 atom stereocenters. The Hall–Kier alpha value is -1.33. The lowest BCUT2D eigenvalue weighted by molar-refractivity contribution is 0.361. The van der Waals surface area contributed by atoms with Crippen LogP contribution in [0.1, 0.15) is 31.3 Å². The normalized spacial score (nSPS) is 13.9. The van der Waals surface area contributed by atoms with Crippen molar-refractivity contribution in [1.82, 2.24) is 24.6 Å². The number of hydrogen-bond donors (Lipinski definition) is 1. The second kappa shape index (κ2) is 6.73. The Morgan fingerprint density at radius 2 is 2.11 bits per heavy atom. The van der Waals surface area contributed by atoms with E-state index in [1.165, 1.54) is 5.56 Å². The maximum Gasteiger partial charge on any atom is 0.122 e. The standard InChI is InChI=1S/C13H21N5.ClH/c1-10-7-16-18(9-10)12(3)11(2)15-8-13-14-5-6-17(13)4;/h5-7,9,11-12,15H,8H2,1-4H3;1H. The number of nitrogens with zero attached hydrogens (tertiary/aromatic N) is 4. The summed E-state index contributed by atoms with van der Waals surface area (Å²) in [6.07, 6.45) is 7.75. The molecule has 0 radical (unpaired) electrons. The van der Waals surface area contributed by atoms with Crippen LogP contribution in [0.25, 0.3) is 0 Å². The van der Waals surface area contributed by atoms with Crippen LogP contribution >= 0.6 is 12.4 Å². The summed E-state index contributed by atoms with van der Waals surface area (Å²) in [7, 11) is 2.01. The monoisotopic (exact) mass is 283 g/mol. The molecule has 106 valence electrons. The molecule has 2 rings (SSSR count). The number of imidazole rings is 1. The fraction of sp³-hybridized carbons (Fsp3) is 0.538. The molecule has 6 heteroatoms. The second-order valence-electron chi connectivity index (χ2n) is 4.86. The van der Waals surface area contributed by atoms with Crippen molar-refractivity contribution in [2.24, 2.45) is 7.05 Å². The van der Waals surface area contributed by atoms with Gasteiger partial charge in [0.15, 0.2) is 0 Å². The highest BCUT2D eigenvalue weighted by atomic mass is 35.5. The van der Waals surface area contributed by atoms with E-state index in [1.54, 1.807) is 0 Å². The first kappa shape index (κ1) is 15.7. The molecule has 0 spiro atoms. The van der Waals surface area contributed by atoms with Gasteiger partial charge in [0.2, 0.25) is 0 Å². The molecule has 2 aromatic heterocycles. The van der Waals surface area contributed by atoms with Crippen molar-refractivity contribution in [3.8, 4) is 0 Å². The number of hydrogen-bond acceptors (Lipinski definition) is 3. The van der Waals surface area contributed by atoms with Crippen molar-refractivity contribution >= 4 is 12.4 Å². The Bertz CT molecular complexity index is 505. The first-order valence-corrected chi connectivity index (χ1v) is 6.28. The fourth-order valence-electron chi connectivity index (χ4n) is 1.87. The van der Waals surface area contributed by atoms with Crippen molar-refractivity contribution in [3.63, 3.8) is 0 Å². The van der Waals surface area contributed by atoms with E-state index in [4.69, 9.17) is 0 Å². The first-order chi connectivity index (χ1) is 8.58. The van der Waals surface area contributed by atoms with E-state index >= 15 is 0 Å². The molecule has 5 nitrogen and oxygen atoms in total. The zero-order valence-electron chi connectivity index (χ0n) is 11.9. The van der Waals surface area contributed by atoms with Gasteiger partial charge in [0, 0.05) is 31.7 Å². The SMILES string of the molecule is Cc1cnn(C(C)C(C)NCc2nccn2C)c1.Cl. The van der Waals surface area contributed by atoms with Gasteiger partial charge in [-0.25, -0.2) is 4.98 Å². The number of aryl methyl sites for hydroxylation is 2. The summed E-state index contributed by atoms with van der Waals surface area (Å²) in [6, 6.07) is 0.653.